The molecule has 0 bridgehead atoms. The predicted octanol–water partition coefficient (Wildman–Crippen LogP) is 1.39. The van der Waals surface area contributed by atoms with E-state index in [1.54, 1.807) is 11.8 Å². The molecule has 1 atom stereocenters. The summed E-state index contributed by atoms with van der Waals surface area (Å²) in [6.07, 6.45) is 4.85. The number of thioether (sulfide) groups is 1. The molecule has 14 heavy (non-hydrogen) atoms. The fourth-order valence-corrected chi connectivity index (χ4v) is 2.94. The molecule has 3 nitrogen and oxygen atoms in total. The Morgan fingerprint density at radius 3 is 2.79 bits per heavy atom. The van der Waals surface area contributed by atoms with E-state index in [9.17, 15) is 4.79 Å². The molecule has 3 rings (SSSR count). The van der Waals surface area contributed by atoms with Crippen LogP contribution in [0.15, 0.2) is 4.99 Å². The van der Waals surface area contributed by atoms with Crippen molar-refractivity contribution in [1.29, 1.82) is 0 Å². The molecule has 0 radical (unpaired) electrons. The van der Waals surface area contributed by atoms with Crippen LogP contribution in [0.2, 0.25) is 0 Å². The number of hydrogen-bond acceptors (Lipinski definition) is 3. The molecular formula is C10H14N2OS. The second-order valence-corrected chi connectivity index (χ2v) is 5.63. The van der Waals surface area contributed by atoms with Gasteiger partial charge >= 0.3 is 0 Å². The summed E-state index contributed by atoms with van der Waals surface area (Å²) in [5.41, 5.74) is 0. The summed E-state index contributed by atoms with van der Waals surface area (Å²) in [7, 11) is 0. The third-order valence-electron chi connectivity index (χ3n) is 3.00. The fraction of sp³-hybridized carbons (Fsp3) is 0.800. The maximum atomic E-state index is 11.4. The Hall–Kier alpha value is -0.510. The van der Waals surface area contributed by atoms with Gasteiger partial charge in [-0.05, 0) is 31.6 Å². The molecule has 1 unspecified atom stereocenters. The van der Waals surface area contributed by atoms with Gasteiger partial charge in [-0.15, -0.1) is 0 Å². The average molecular weight is 210 g/mol. The van der Waals surface area contributed by atoms with Crippen LogP contribution in [-0.4, -0.2) is 22.9 Å². The van der Waals surface area contributed by atoms with Gasteiger partial charge in [0.15, 0.2) is 5.17 Å². The molecular weight excluding hydrogens is 196 g/mol. The van der Waals surface area contributed by atoms with Gasteiger partial charge < -0.3 is 5.32 Å². The Kier molecular flexibility index (Phi) is 2.04. The van der Waals surface area contributed by atoms with Gasteiger partial charge in [0.05, 0.1) is 6.54 Å². The smallest absolute Gasteiger partial charge is 0.229 e. The molecule has 3 aliphatic rings. The Labute approximate surface area is 87.7 Å². The van der Waals surface area contributed by atoms with Crippen molar-refractivity contribution in [2.75, 3.05) is 6.54 Å². The van der Waals surface area contributed by atoms with Crippen molar-refractivity contribution in [2.24, 2.45) is 16.8 Å². The van der Waals surface area contributed by atoms with Gasteiger partial charge in [-0.2, -0.15) is 0 Å². The van der Waals surface area contributed by atoms with Crippen molar-refractivity contribution in [2.45, 2.75) is 30.9 Å². The Morgan fingerprint density at radius 2 is 2.14 bits per heavy atom. The fourth-order valence-electron chi connectivity index (χ4n) is 1.73. The summed E-state index contributed by atoms with van der Waals surface area (Å²) in [6.45, 7) is 0.912. The van der Waals surface area contributed by atoms with Gasteiger partial charge in [-0.3, -0.25) is 9.79 Å². The quantitative estimate of drug-likeness (QED) is 0.748. The molecule has 4 heteroatoms. The highest BCUT2D eigenvalue weighted by molar-refractivity contribution is 8.14. The lowest BCUT2D eigenvalue weighted by molar-refractivity contribution is -0.120. The molecule has 2 fully saturated rings. The van der Waals surface area contributed by atoms with E-state index in [1.807, 2.05) is 0 Å². The second kappa shape index (κ2) is 3.26. The van der Waals surface area contributed by atoms with E-state index < -0.39 is 0 Å². The van der Waals surface area contributed by atoms with Crippen LogP contribution in [0.5, 0.6) is 0 Å². The number of rotatable bonds is 2. The van der Waals surface area contributed by atoms with Gasteiger partial charge in [0, 0.05) is 11.2 Å². The molecule has 2 aliphatic carbocycles. The molecule has 0 aromatic carbocycles. The van der Waals surface area contributed by atoms with Gasteiger partial charge in [-0.25, -0.2) is 0 Å². The first-order valence-corrected chi connectivity index (χ1v) is 6.23. The standard InChI is InChI=1S/C10H14N2OS/c13-9(7-3-4-7)12-10-11-5-8(14-10)6-1-2-6/h6-8H,1-5H2,(H,11,12,13). The molecule has 2 saturated carbocycles. The van der Waals surface area contributed by atoms with E-state index in [4.69, 9.17) is 0 Å². The molecule has 0 aromatic heterocycles. The van der Waals surface area contributed by atoms with Gasteiger partial charge in [0.25, 0.3) is 0 Å². The monoisotopic (exact) mass is 210 g/mol. The topological polar surface area (TPSA) is 41.5 Å². The van der Waals surface area contributed by atoms with E-state index in [0.717, 1.165) is 30.5 Å². The van der Waals surface area contributed by atoms with Crippen molar-refractivity contribution in [3.63, 3.8) is 0 Å². The minimum atomic E-state index is 0.188. The summed E-state index contributed by atoms with van der Waals surface area (Å²) in [5.74, 6) is 1.35. The largest absolute Gasteiger partial charge is 0.305 e. The Morgan fingerprint density at radius 1 is 1.36 bits per heavy atom. The Balaban J connectivity index is 1.51. The molecule has 1 amide bonds. The highest BCUT2D eigenvalue weighted by Crippen LogP contribution is 2.41. The van der Waals surface area contributed by atoms with Crippen LogP contribution in [-0.2, 0) is 4.79 Å². The zero-order valence-electron chi connectivity index (χ0n) is 8.03. The lowest BCUT2D eigenvalue weighted by atomic mass is 10.3. The van der Waals surface area contributed by atoms with E-state index in [-0.39, 0.29) is 5.91 Å². The van der Waals surface area contributed by atoms with Crippen LogP contribution in [0.25, 0.3) is 0 Å². The molecule has 0 spiro atoms. The van der Waals surface area contributed by atoms with E-state index in [1.165, 1.54) is 12.8 Å². The molecule has 1 heterocycles. The number of nitrogens with zero attached hydrogens (tertiary/aromatic N) is 1. The maximum absolute atomic E-state index is 11.4. The third-order valence-corrected chi connectivity index (χ3v) is 4.30. The maximum Gasteiger partial charge on any atom is 0.229 e. The predicted molar refractivity (Wildman–Crippen MR) is 57.3 cm³/mol. The summed E-state index contributed by atoms with van der Waals surface area (Å²) in [6, 6.07) is 0. The van der Waals surface area contributed by atoms with Crippen LogP contribution < -0.4 is 5.32 Å². The average Bonchev–Trinajstić information content (AvgIpc) is 3.06. The van der Waals surface area contributed by atoms with Crippen LogP contribution in [0.4, 0.5) is 0 Å². The zero-order chi connectivity index (χ0) is 9.54. The first-order valence-electron chi connectivity index (χ1n) is 5.35. The van der Waals surface area contributed by atoms with Gasteiger partial charge in [0.1, 0.15) is 0 Å². The van der Waals surface area contributed by atoms with Crippen LogP contribution in [0.1, 0.15) is 25.7 Å². The summed E-state index contributed by atoms with van der Waals surface area (Å²) >= 11 is 1.77. The summed E-state index contributed by atoms with van der Waals surface area (Å²) < 4.78 is 0. The molecule has 0 aromatic rings. The van der Waals surface area contributed by atoms with Crippen LogP contribution in [0.3, 0.4) is 0 Å². The number of amidine groups is 1. The second-order valence-electron chi connectivity index (χ2n) is 4.40. The number of carbonyl (C=O) groups is 1. The minimum absolute atomic E-state index is 0.188. The van der Waals surface area contributed by atoms with Crippen LogP contribution in [0, 0.1) is 11.8 Å². The zero-order valence-corrected chi connectivity index (χ0v) is 8.85. The van der Waals surface area contributed by atoms with Gasteiger partial charge in [-0.1, -0.05) is 11.8 Å². The lowest BCUT2D eigenvalue weighted by Crippen LogP contribution is -2.28. The number of nitrogens with one attached hydrogen (secondary N) is 1. The van der Waals surface area contributed by atoms with Crippen molar-refractivity contribution < 1.29 is 4.79 Å². The van der Waals surface area contributed by atoms with E-state index in [0.29, 0.717) is 11.2 Å². The third kappa shape index (κ3) is 1.80. The van der Waals surface area contributed by atoms with Crippen molar-refractivity contribution in [3.05, 3.63) is 0 Å². The van der Waals surface area contributed by atoms with Crippen molar-refractivity contribution >= 4 is 22.8 Å². The molecule has 1 aliphatic heterocycles. The number of aliphatic imine (C=N–C) groups is 1. The van der Waals surface area contributed by atoms with Crippen molar-refractivity contribution in [1.82, 2.24) is 5.32 Å². The highest BCUT2D eigenvalue weighted by Gasteiger charge is 2.37. The van der Waals surface area contributed by atoms with Gasteiger partial charge in [0.2, 0.25) is 5.91 Å². The first kappa shape index (κ1) is 8.77. The highest BCUT2D eigenvalue weighted by atomic mass is 32.2. The molecule has 0 saturated heterocycles. The summed E-state index contributed by atoms with van der Waals surface area (Å²) in [5, 5.41) is 4.46. The molecule has 1 N–H and O–H groups in total. The molecule has 76 valence electrons. The van der Waals surface area contributed by atoms with Crippen molar-refractivity contribution in [3.8, 4) is 0 Å². The lowest BCUT2D eigenvalue weighted by Gasteiger charge is -2.05. The Bertz CT molecular complexity index is 294. The van der Waals surface area contributed by atoms with E-state index >= 15 is 0 Å². The number of amides is 1. The number of hydrogen-bond donors (Lipinski definition) is 1. The minimum Gasteiger partial charge on any atom is -0.305 e. The summed E-state index contributed by atoms with van der Waals surface area (Å²) in [4.78, 5) is 15.8. The SMILES string of the molecule is O=C(NC1=NCC(C2CC2)S1)C1CC1. The van der Waals surface area contributed by atoms with E-state index in [2.05, 4.69) is 10.3 Å². The van der Waals surface area contributed by atoms with Crippen LogP contribution >= 0.6 is 11.8 Å². The first-order chi connectivity index (χ1) is 6.83. The number of carbonyl (C=O) groups excluding carboxylic acids is 1. The normalized spacial score (nSPS) is 31.4.